The molecule has 2 aromatic heterocycles. The van der Waals surface area contributed by atoms with Crippen LogP contribution in [0.1, 0.15) is 73.9 Å². The molecule has 0 bridgehead atoms. The Kier molecular flexibility index (Phi) is 13.1. The van der Waals surface area contributed by atoms with Gasteiger partial charge in [-0.15, -0.1) is 0 Å². The molecule has 6 heterocycles. The number of imide groups is 1. The van der Waals surface area contributed by atoms with E-state index in [1.807, 2.05) is 73.7 Å². The topological polar surface area (TPSA) is 225 Å². The van der Waals surface area contributed by atoms with Gasteiger partial charge in [-0.25, -0.2) is 15.1 Å². The van der Waals surface area contributed by atoms with E-state index in [0.717, 1.165) is 41.7 Å². The normalized spacial score (nSPS) is 25.0. The van der Waals surface area contributed by atoms with Crippen LogP contribution in [0.15, 0.2) is 96.0 Å². The standard InChI is InChI=1S/C50H55N11O6/c1-33-37-11-10-35(28-38(37)47(66)61(58-33)40-12-13-42(63)55-46(40)65)39-30-60(26-24-53-39)25-6-9-41(62)48(19-22-52-23-20-48)32-67-44-15-21-54-45(56-44)36-8-5-7-34(27-36)29-50(18-14-43(64)57-59-50)49(31-51)16-3-2-4-17-49/h2-5,7-8,10-11,14-16,18,21,27-28,39-40,52-53,59H,6,9,12-13,17,19-20,22-26,29-30,32H2,1H3,(H,57,64)(H,55,63,65). The Labute approximate surface area is 388 Å². The van der Waals surface area contributed by atoms with Gasteiger partial charge in [0.25, 0.3) is 17.4 Å². The fraction of sp³-hybridized carbons (Fsp3) is 0.420. The Hall–Kier alpha value is -6.71. The first-order chi connectivity index (χ1) is 32.5. The van der Waals surface area contributed by atoms with E-state index in [-0.39, 0.29) is 48.6 Å². The number of hydrazine groups is 1. The smallest absolute Gasteiger partial charge is 0.275 e. The van der Waals surface area contributed by atoms with Crippen LogP contribution in [0.25, 0.3) is 22.2 Å². The van der Waals surface area contributed by atoms with Crippen molar-refractivity contribution in [3.05, 3.63) is 118 Å². The Balaban J connectivity index is 0.835. The number of hydrogen-bond acceptors (Lipinski definition) is 14. The average molecular weight is 906 g/mol. The number of ether oxygens (including phenoxy) is 1. The van der Waals surface area contributed by atoms with Crippen molar-refractivity contribution in [1.29, 1.82) is 5.26 Å². The van der Waals surface area contributed by atoms with Crippen molar-refractivity contribution in [2.45, 2.75) is 75.9 Å². The zero-order valence-corrected chi connectivity index (χ0v) is 37.6. The maximum Gasteiger partial charge on any atom is 0.275 e. The summed E-state index contributed by atoms with van der Waals surface area (Å²) < 4.78 is 7.61. The average Bonchev–Trinajstić information content (AvgIpc) is 3.36. The van der Waals surface area contributed by atoms with E-state index in [0.29, 0.717) is 80.9 Å². The molecule has 4 aliphatic heterocycles. The molecule has 17 nitrogen and oxygen atoms in total. The number of aryl methyl sites for hydroxylation is 1. The Morgan fingerprint density at radius 3 is 2.66 bits per heavy atom. The number of hydrogen-bond donors (Lipinski definition) is 5. The van der Waals surface area contributed by atoms with E-state index in [1.54, 1.807) is 18.3 Å². The number of rotatable bonds is 14. The van der Waals surface area contributed by atoms with Crippen molar-refractivity contribution in [2.24, 2.45) is 10.8 Å². The van der Waals surface area contributed by atoms with Crippen LogP contribution < -0.4 is 37.1 Å². The molecule has 17 heteroatoms. The molecule has 0 spiro atoms. The highest BCUT2D eigenvalue weighted by Crippen LogP contribution is 2.43. The molecule has 5 N–H and O–H groups in total. The predicted molar refractivity (Wildman–Crippen MR) is 249 cm³/mol. The molecular weight excluding hydrogens is 851 g/mol. The van der Waals surface area contributed by atoms with Gasteiger partial charge in [-0.2, -0.15) is 15.3 Å². The summed E-state index contributed by atoms with van der Waals surface area (Å²) in [6, 6.07) is 17.0. The quantitative estimate of drug-likeness (QED) is 0.115. The second kappa shape index (κ2) is 19.3. The summed E-state index contributed by atoms with van der Waals surface area (Å²) in [5, 5.41) is 25.5. The zero-order chi connectivity index (χ0) is 46.6. The molecule has 9 rings (SSSR count). The third kappa shape index (κ3) is 9.35. The molecular formula is C50H55N11O6. The minimum absolute atomic E-state index is 0.0468. The van der Waals surface area contributed by atoms with E-state index >= 15 is 0 Å². The Bertz CT molecular complexity index is 2790. The third-order valence-electron chi connectivity index (χ3n) is 14.1. The lowest BCUT2D eigenvalue weighted by Gasteiger charge is -2.45. The lowest BCUT2D eigenvalue weighted by atomic mass is 9.64. The molecule has 67 heavy (non-hydrogen) atoms. The molecule has 1 aliphatic carbocycles. The zero-order valence-electron chi connectivity index (χ0n) is 37.6. The number of piperazine rings is 1. The largest absolute Gasteiger partial charge is 0.477 e. The van der Waals surface area contributed by atoms with Gasteiger partial charge in [0.15, 0.2) is 5.82 Å². The van der Waals surface area contributed by atoms with Crippen molar-refractivity contribution >= 4 is 34.3 Å². The summed E-state index contributed by atoms with van der Waals surface area (Å²) in [5.41, 5.74) is 6.26. The van der Waals surface area contributed by atoms with Gasteiger partial charge in [0.2, 0.25) is 11.8 Å². The molecule has 3 amide bonds. The maximum absolute atomic E-state index is 14.2. The van der Waals surface area contributed by atoms with Crippen LogP contribution in [-0.2, 0) is 25.6 Å². The summed E-state index contributed by atoms with van der Waals surface area (Å²) in [7, 11) is 0. The Morgan fingerprint density at radius 2 is 1.88 bits per heavy atom. The van der Waals surface area contributed by atoms with Gasteiger partial charge in [0, 0.05) is 67.8 Å². The van der Waals surface area contributed by atoms with Crippen LogP contribution in [0.5, 0.6) is 5.88 Å². The summed E-state index contributed by atoms with van der Waals surface area (Å²) >= 11 is 0. The number of nitriles is 1. The van der Waals surface area contributed by atoms with Crippen molar-refractivity contribution in [1.82, 2.24) is 51.5 Å². The summed E-state index contributed by atoms with van der Waals surface area (Å²) in [6.07, 6.45) is 16.2. The van der Waals surface area contributed by atoms with E-state index in [9.17, 15) is 29.2 Å². The number of carbonyl (C=O) groups is 4. The van der Waals surface area contributed by atoms with Gasteiger partial charge in [0.05, 0.1) is 28.1 Å². The summed E-state index contributed by atoms with van der Waals surface area (Å²) in [5.74, 6) is -0.125. The van der Waals surface area contributed by atoms with Gasteiger partial charge in [0.1, 0.15) is 23.8 Å². The molecule has 4 aromatic rings. The molecule has 3 fully saturated rings. The molecule has 0 radical (unpaired) electrons. The first-order valence-electron chi connectivity index (χ1n) is 23.1. The third-order valence-corrected chi connectivity index (χ3v) is 14.1. The molecule has 5 aliphatic rings. The second-order valence-electron chi connectivity index (χ2n) is 18.3. The minimum Gasteiger partial charge on any atom is -0.477 e. The first kappa shape index (κ1) is 45.4. The van der Waals surface area contributed by atoms with Crippen LogP contribution in [-0.4, -0.2) is 99.6 Å². The van der Waals surface area contributed by atoms with E-state index in [4.69, 9.17) is 9.72 Å². The molecule has 3 saturated heterocycles. The number of nitrogens with zero attached hydrogens (tertiary/aromatic N) is 6. The fourth-order valence-corrected chi connectivity index (χ4v) is 10.2. The van der Waals surface area contributed by atoms with Gasteiger partial charge >= 0.3 is 0 Å². The van der Waals surface area contributed by atoms with Crippen molar-refractivity contribution < 1.29 is 23.9 Å². The number of carbonyl (C=O) groups excluding carboxylic acids is 4. The number of nitrogens with one attached hydrogen (secondary N) is 5. The highest BCUT2D eigenvalue weighted by Gasteiger charge is 2.50. The highest BCUT2D eigenvalue weighted by molar-refractivity contribution is 5.99. The summed E-state index contributed by atoms with van der Waals surface area (Å²) in [6.45, 7) is 6.44. The number of allylic oxidation sites excluding steroid dienone is 3. The molecule has 2 aromatic carbocycles. The molecule has 4 unspecified atom stereocenters. The highest BCUT2D eigenvalue weighted by atomic mass is 16.5. The number of piperidine rings is 2. The van der Waals surface area contributed by atoms with Crippen LogP contribution in [0.4, 0.5) is 0 Å². The van der Waals surface area contributed by atoms with Crippen LogP contribution in [0, 0.1) is 29.1 Å². The minimum atomic E-state index is -0.946. The first-order valence-corrected chi connectivity index (χ1v) is 23.1. The van der Waals surface area contributed by atoms with Crippen LogP contribution >= 0.6 is 0 Å². The number of Topliss-reactive ketones (excluding diaryl/α,β-unsaturated/α-hetero) is 1. The van der Waals surface area contributed by atoms with E-state index in [1.165, 1.54) is 10.8 Å². The van der Waals surface area contributed by atoms with Crippen molar-refractivity contribution in [2.75, 3.05) is 45.9 Å². The molecule has 0 saturated carbocycles. The van der Waals surface area contributed by atoms with E-state index in [2.05, 4.69) is 47.9 Å². The molecule has 4 atom stereocenters. The van der Waals surface area contributed by atoms with Crippen molar-refractivity contribution in [3.63, 3.8) is 0 Å². The second-order valence-corrected chi connectivity index (χ2v) is 18.3. The number of aromatic nitrogens is 4. The Morgan fingerprint density at radius 1 is 1.01 bits per heavy atom. The predicted octanol–water partition coefficient (Wildman–Crippen LogP) is 3.38. The van der Waals surface area contributed by atoms with Crippen molar-refractivity contribution in [3.8, 4) is 23.3 Å². The molecule has 346 valence electrons. The van der Waals surface area contributed by atoms with Gasteiger partial charge in [-0.3, -0.25) is 34.7 Å². The summed E-state index contributed by atoms with van der Waals surface area (Å²) in [4.78, 5) is 76.3. The number of ketones is 1. The SMILES string of the molecule is Cc1nn(C2CCC(=O)NC2=O)c(=O)c2cc(C3CN(CCCC(=O)C4(COc5ccnc(-c6cccc(CC7(C8(C#N)C=CC=CC8)C=CC(=O)NN7)c6)n5)CCNCC4)CCN3)ccc12. The monoisotopic (exact) mass is 905 g/mol. The maximum atomic E-state index is 14.2. The number of fused-ring (bicyclic) bond motifs is 1. The van der Waals surface area contributed by atoms with Gasteiger partial charge in [-0.1, -0.05) is 60.7 Å². The lowest BCUT2D eigenvalue weighted by molar-refractivity contribution is -0.136. The number of amides is 3. The van der Waals surface area contributed by atoms with Gasteiger partial charge < -0.3 is 20.3 Å². The van der Waals surface area contributed by atoms with Crippen LogP contribution in [0.3, 0.4) is 0 Å². The van der Waals surface area contributed by atoms with E-state index < -0.39 is 28.3 Å². The van der Waals surface area contributed by atoms with Crippen LogP contribution in [0.2, 0.25) is 0 Å². The fourth-order valence-electron chi connectivity index (χ4n) is 10.2. The number of benzene rings is 2. The lowest BCUT2D eigenvalue weighted by Crippen LogP contribution is -2.64. The van der Waals surface area contributed by atoms with Gasteiger partial charge in [-0.05, 0) is 88.3 Å².